The molecule has 69 heavy (non-hydrogen) atoms. The predicted molar refractivity (Wildman–Crippen MR) is 292 cm³/mol. The van der Waals surface area contributed by atoms with Crippen LogP contribution in [0.3, 0.4) is 0 Å². The number of thiophene rings is 2. The molecule has 2 aliphatic rings. The van der Waals surface area contributed by atoms with Crippen molar-refractivity contribution in [2.45, 2.75) is 112 Å². The van der Waals surface area contributed by atoms with Crippen LogP contribution in [0.5, 0.6) is 0 Å². The first kappa shape index (κ1) is 54.1. The molecule has 0 unspecified atom stereocenters. The Labute approximate surface area is 436 Å². The Bertz CT molecular complexity index is 2840. The third-order valence-corrected chi connectivity index (χ3v) is 15.4. The number of nitrogens with two attached hydrogens (primary N) is 1. The summed E-state index contributed by atoms with van der Waals surface area (Å²) in [5.74, 6) is -0.304. The first-order chi connectivity index (χ1) is 32.5. The van der Waals surface area contributed by atoms with Crippen molar-refractivity contribution >= 4 is 132 Å². The van der Waals surface area contributed by atoms with E-state index in [9.17, 15) is 19.2 Å². The Morgan fingerprint density at radius 3 is 1.61 bits per heavy atom. The van der Waals surface area contributed by atoms with Crippen LogP contribution in [0.4, 0.5) is 19.6 Å². The summed E-state index contributed by atoms with van der Waals surface area (Å²) in [5, 5.41) is 12.5. The second kappa shape index (κ2) is 23.3. The van der Waals surface area contributed by atoms with Gasteiger partial charge in [0.15, 0.2) is 0 Å². The lowest BCUT2D eigenvalue weighted by Crippen LogP contribution is -2.39. The summed E-state index contributed by atoms with van der Waals surface area (Å²) in [6.07, 6.45) is 2.37. The third-order valence-electron chi connectivity index (χ3n) is 10.00. The highest BCUT2D eigenvalue weighted by molar-refractivity contribution is 9.10. The number of ether oxygens (including phenoxy) is 2. The van der Waals surface area contributed by atoms with Crippen molar-refractivity contribution < 1.29 is 28.7 Å². The smallest absolute Gasteiger partial charge is 0.410 e. The SMILES string of the molecule is C=CC(=O)Nc1sc2c(c1-c1nc3cc(Br)ccc3s1)CCN(C(=O)OC(C)(C)C)C2.CC(C)N.CCNCCC(=O)Nc1sc2c(c1-c1nc3cc(Br)ccc3s1)CCN(C(=O)OC(C)(C)C)C2. The Morgan fingerprint density at radius 2 is 1.20 bits per heavy atom. The van der Waals surface area contributed by atoms with Crippen molar-refractivity contribution in [3.63, 3.8) is 0 Å². The summed E-state index contributed by atoms with van der Waals surface area (Å²) in [6.45, 7) is 24.1. The Morgan fingerprint density at radius 1 is 0.768 bits per heavy atom. The average Bonchev–Trinajstić information content (AvgIpc) is 4.03. The van der Waals surface area contributed by atoms with Crippen molar-refractivity contribution in [2.75, 3.05) is 36.8 Å². The summed E-state index contributed by atoms with van der Waals surface area (Å²) in [7, 11) is 0. The molecule has 0 spiro atoms. The van der Waals surface area contributed by atoms with Crippen LogP contribution >= 0.6 is 77.2 Å². The zero-order valence-corrected chi connectivity index (χ0v) is 46.8. The fraction of sp³-hybridized carbons (Fsp3) is 0.429. The number of fused-ring (bicyclic) bond motifs is 4. The molecule has 2 aliphatic heterocycles. The van der Waals surface area contributed by atoms with E-state index in [-0.39, 0.29) is 24.0 Å². The van der Waals surface area contributed by atoms with E-state index in [0.717, 1.165) is 87.9 Å². The van der Waals surface area contributed by atoms with Crippen LogP contribution in [-0.4, -0.2) is 87.2 Å². The molecule has 2 aromatic carbocycles. The molecular weight excluding hydrogens is 1080 g/mol. The van der Waals surface area contributed by atoms with Gasteiger partial charge in [-0.25, -0.2) is 19.6 Å². The quantitative estimate of drug-likeness (QED) is 0.0803. The lowest BCUT2D eigenvalue weighted by molar-refractivity contribution is -0.116. The molecule has 0 saturated heterocycles. The number of halogens is 2. The molecule has 0 radical (unpaired) electrons. The molecule has 0 aliphatic carbocycles. The maximum absolute atomic E-state index is 12.7. The molecule has 20 heteroatoms. The molecule has 0 fully saturated rings. The normalized spacial score (nSPS) is 13.5. The molecule has 6 aromatic rings. The highest BCUT2D eigenvalue weighted by atomic mass is 79.9. The number of amides is 4. The number of hydrogen-bond donors (Lipinski definition) is 4. The minimum Gasteiger partial charge on any atom is -0.444 e. The van der Waals surface area contributed by atoms with Crippen molar-refractivity contribution in [2.24, 2.45) is 5.73 Å². The van der Waals surface area contributed by atoms with Gasteiger partial charge >= 0.3 is 12.2 Å². The zero-order chi connectivity index (χ0) is 50.4. The molecule has 370 valence electrons. The Balaban J connectivity index is 0.000000211. The van der Waals surface area contributed by atoms with Gasteiger partial charge in [0, 0.05) is 55.9 Å². The van der Waals surface area contributed by atoms with Gasteiger partial charge in [-0.15, -0.1) is 45.3 Å². The molecule has 4 aromatic heterocycles. The highest BCUT2D eigenvalue weighted by Crippen LogP contribution is 2.48. The second-order valence-electron chi connectivity index (χ2n) is 18.6. The number of nitrogens with one attached hydrogen (secondary N) is 3. The van der Waals surface area contributed by atoms with Gasteiger partial charge in [0.05, 0.1) is 33.5 Å². The number of thiazole rings is 2. The monoisotopic (exact) mass is 1140 g/mol. The number of anilines is 2. The van der Waals surface area contributed by atoms with Crippen LogP contribution in [0.1, 0.15) is 89.6 Å². The van der Waals surface area contributed by atoms with Gasteiger partial charge in [0.2, 0.25) is 11.8 Å². The van der Waals surface area contributed by atoms with Gasteiger partial charge in [0.25, 0.3) is 0 Å². The average molecular weight is 1150 g/mol. The van der Waals surface area contributed by atoms with Crippen LogP contribution < -0.4 is 21.7 Å². The number of carbonyl (C=O) groups is 4. The number of carbonyl (C=O) groups excluding carboxylic acids is 4. The van der Waals surface area contributed by atoms with E-state index in [1.54, 1.807) is 32.5 Å². The second-order valence-corrected chi connectivity index (χ2v) is 24.7. The largest absolute Gasteiger partial charge is 0.444 e. The minimum absolute atomic E-state index is 0.0337. The van der Waals surface area contributed by atoms with E-state index in [2.05, 4.69) is 60.5 Å². The molecule has 14 nitrogen and oxygen atoms in total. The van der Waals surface area contributed by atoms with Gasteiger partial charge in [-0.2, -0.15) is 0 Å². The van der Waals surface area contributed by atoms with Gasteiger partial charge in [-0.3, -0.25) is 9.59 Å². The maximum Gasteiger partial charge on any atom is 0.410 e. The van der Waals surface area contributed by atoms with Crippen molar-refractivity contribution in [1.82, 2.24) is 25.1 Å². The van der Waals surface area contributed by atoms with Gasteiger partial charge in [-0.1, -0.05) is 59.2 Å². The van der Waals surface area contributed by atoms with Crippen molar-refractivity contribution in [1.29, 1.82) is 0 Å². The van der Waals surface area contributed by atoms with Crippen LogP contribution in [-0.2, 0) is 45.0 Å². The summed E-state index contributed by atoms with van der Waals surface area (Å²) in [4.78, 5) is 65.3. The van der Waals surface area contributed by atoms with Crippen LogP contribution in [0.25, 0.3) is 41.6 Å². The van der Waals surface area contributed by atoms with E-state index in [0.29, 0.717) is 58.0 Å². The lowest BCUT2D eigenvalue weighted by Gasteiger charge is -2.30. The topological polar surface area (TPSA) is 181 Å². The number of aromatic nitrogens is 2. The fourth-order valence-corrected chi connectivity index (χ4v) is 12.6. The molecule has 6 heterocycles. The molecule has 4 amide bonds. The van der Waals surface area contributed by atoms with Gasteiger partial charge < -0.3 is 41.0 Å². The van der Waals surface area contributed by atoms with Crippen LogP contribution in [0, 0.1) is 0 Å². The molecule has 0 bridgehead atoms. The van der Waals surface area contributed by atoms with E-state index in [1.165, 1.54) is 28.7 Å². The zero-order valence-electron chi connectivity index (χ0n) is 40.4. The van der Waals surface area contributed by atoms with Gasteiger partial charge in [0.1, 0.15) is 31.2 Å². The number of benzene rings is 2. The Kier molecular flexibility index (Phi) is 18.3. The summed E-state index contributed by atoms with van der Waals surface area (Å²) < 4.78 is 15.2. The highest BCUT2D eigenvalue weighted by Gasteiger charge is 2.33. The van der Waals surface area contributed by atoms with Crippen molar-refractivity contribution in [3.8, 4) is 21.1 Å². The first-order valence-corrected chi connectivity index (χ1v) is 27.4. The minimum atomic E-state index is -0.545. The van der Waals surface area contributed by atoms with Crippen LogP contribution in [0.2, 0.25) is 0 Å². The third kappa shape index (κ3) is 14.6. The fourth-order valence-electron chi connectivity index (χ4n) is 7.15. The maximum atomic E-state index is 12.7. The van der Waals surface area contributed by atoms with E-state index < -0.39 is 11.2 Å². The predicted octanol–water partition coefficient (Wildman–Crippen LogP) is 12.6. The van der Waals surface area contributed by atoms with E-state index in [4.69, 9.17) is 25.2 Å². The molecular formula is C49H60Br2N8O6S4. The number of rotatable bonds is 9. The number of hydrogen-bond acceptors (Lipinski definition) is 14. The summed E-state index contributed by atoms with van der Waals surface area (Å²) in [6, 6.07) is 12.4. The van der Waals surface area contributed by atoms with Gasteiger partial charge in [-0.05, 0) is 121 Å². The molecule has 0 atom stereocenters. The van der Waals surface area contributed by atoms with E-state index >= 15 is 0 Å². The lowest BCUT2D eigenvalue weighted by atomic mass is 10.0. The first-order valence-electron chi connectivity index (χ1n) is 22.6. The standard InChI is InChI=1S/C24H29BrN4O3S2.C22H22BrN3O3S2.C3H9N/c1-5-26-10-8-19(30)28-22-20(21-27-16-12-14(25)6-7-17(16)33-21)15-9-11-29(13-18(15)34-22)23(31)32-24(2,3)4;1-5-17(27)25-20-18(19-24-14-10-12(23)6-7-15(14)30-19)13-8-9-26(11-16(13)31-20)21(28)29-22(2,3)4;1-3(2)4/h6-7,12,26H,5,8-11,13H2,1-4H3,(H,28,30);5-7,10H,1,8-9,11H2,2-4H3,(H,25,27);3H,4H2,1-2H3. The molecule has 5 N–H and O–H groups in total. The summed E-state index contributed by atoms with van der Waals surface area (Å²) in [5.41, 5.74) is 10.1. The molecule has 8 rings (SSSR count). The number of nitrogens with zero attached hydrogens (tertiary/aromatic N) is 4. The molecule has 0 saturated carbocycles. The summed E-state index contributed by atoms with van der Waals surface area (Å²) >= 11 is 13.2. The van der Waals surface area contributed by atoms with Crippen molar-refractivity contribution in [3.05, 3.63) is 78.9 Å². The Hall–Kier alpha value is -4.28. The van der Waals surface area contributed by atoms with Crippen LogP contribution in [0.15, 0.2) is 58.0 Å². The van der Waals surface area contributed by atoms with E-state index in [1.807, 2.05) is 92.6 Å².